The molecule has 14 heavy (non-hydrogen) atoms. The van der Waals surface area contributed by atoms with Crippen molar-refractivity contribution in [1.29, 1.82) is 0 Å². The van der Waals surface area contributed by atoms with Gasteiger partial charge in [0.2, 0.25) is 0 Å². The smallest absolute Gasteiger partial charge is 0.0937 e. The lowest BCUT2D eigenvalue weighted by molar-refractivity contribution is 0.719. The second kappa shape index (κ2) is 3.82. The normalized spacial score (nSPS) is 17.1. The molecule has 0 radical (unpaired) electrons. The first-order chi connectivity index (χ1) is 6.79. The molecule has 0 saturated carbocycles. The summed E-state index contributed by atoms with van der Waals surface area (Å²) in [6, 6.07) is 8.94. The van der Waals surface area contributed by atoms with Gasteiger partial charge in [0, 0.05) is 6.42 Å². The minimum absolute atomic E-state index is 0.382. The maximum absolute atomic E-state index is 5.74. The maximum atomic E-state index is 5.74. The number of benzene rings is 1. The van der Waals surface area contributed by atoms with Gasteiger partial charge >= 0.3 is 0 Å². The number of nitrogens with two attached hydrogens (primary N) is 1. The van der Waals surface area contributed by atoms with E-state index in [1.165, 1.54) is 11.1 Å². The number of amidine groups is 1. The topological polar surface area (TPSA) is 38.4 Å². The minimum atomic E-state index is 0.382. The molecule has 0 aromatic heterocycles. The average Bonchev–Trinajstić information content (AvgIpc) is 2.59. The van der Waals surface area contributed by atoms with Gasteiger partial charge in [-0.05, 0) is 24.0 Å². The van der Waals surface area contributed by atoms with Gasteiger partial charge < -0.3 is 5.73 Å². The van der Waals surface area contributed by atoms with Crippen LogP contribution >= 0.6 is 0 Å². The Bertz CT molecular complexity index is 330. The second-order valence-electron chi connectivity index (χ2n) is 3.80. The second-order valence-corrected chi connectivity index (χ2v) is 3.80. The molecule has 0 amide bonds. The lowest BCUT2D eigenvalue weighted by Crippen LogP contribution is -2.15. The summed E-state index contributed by atoms with van der Waals surface area (Å²) in [6.45, 7) is 2.04. The molecular weight excluding hydrogens is 172 g/mol. The first-order valence-corrected chi connectivity index (χ1v) is 5.18. The van der Waals surface area contributed by atoms with E-state index in [0.29, 0.717) is 6.04 Å². The minimum Gasteiger partial charge on any atom is -0.387 e. The first kappa shape index (κ1) is 9.25. The van der Waals surface area contributed by atoms with Crippen molar-refractivity contribution in [2.75, 3.05) is 0 Å². The Morgan fingerprint density at radius 1 is 1.36 bits per heavy atom. The summed E-state index contributed by atoms with van der Waals surface area (Å²) in [5, 5.41) is 0. The Morgan fingerprint density at radius 2 is 1.93 bits per heavy atom. The highest BCUT2D eigenvalue weighted by atomic mass is 14.9. The van der Waals surface area contributed by atoms with Crippen LogP contribution in [0.15, 0.2) is 29.3 Å². The SMILES string of the molecule is CCC(N)=NC1Cc2ccccc2C1. The third-order valence-electron chi connectivity index (χ3n) is 2.74. The van der Waals surface area contributed by atoms with Gasteiger partial charge in [-0.2, -0.15) is 0 Å². The molecule has 2 rings (SSSR count). The fraction of sp³-hybridized carbons (Fsp3) is 0.417. The van der Waals surface area contributed by atoms with Gasteiger partial charge in [0.25, 0.3) is 0 Å². The highest BCUT2D eigenvalue weighted by molar-refractivity contribution is 5.80. The highest BCUT2D eigenvalue weighted by Gasteiger charge is 2.19. The van der Waals surface area contributed by atoms with Crippen molar-refractivity contribution >= 4 is 5.84 Å². The van der Waals surface area contributed by atoms with Crippen molar-refractivity contribution in [2.24, 2.45) is 10.7 Å². The molecule has 0 bridgehead atoms. The van der Waals surface area contributed by atoms with Gasteiger partial charge in [0.1, 0.15) is 0 Å². The summed E-state index contributed by atoms with van der Waals surface area (Å²) < 4.78 is 0. The van der Waals surface area contributed by atoms with Gasteiger partial charge in [-0.15, -0.1) is 0 Å². The zero-order valence-electron chi connectivity index (χ0n) is 8.53. The van der Waals surface area contributed by atoms with E-state index in [9.17, 15) is 0 Å². The Balaban J connectivity index is 2.12. The van der Waals surface area contributed by atoms with Crippen molar-refractivity contribution in [3.63, 3.8) is 0 Å². The van der Waals surface area contributed by atoms with E-state index in [1.807, 2.05) is 6.92 Å². The van der Waals surface area contributed by atoms with Gasteiger partial charge in [-0.3, -0.25) is 4.99 Å². The monoisotopic (exact) mass is 188 g/mol. The van der Waals surface area contributed by atoms with Crippen LogP contribution in [0, 0.1) is 0 Å². The summed E-state index contributed by atoms with van der Waals surface area (Å²) in [5.74, 6) is 0.780. The van der Waals surface area contributed by atoms with E-state index in [1.54, 1.807) is 0 Å². The lowest BCUT2D eigenvalue weighted by atomic mass is 10.1. The predicted octanol–water partition coefficient (Wildman–Crippen LogP) is 1.92. The van der Waals surface area contributed by atoms with Gasteiger partial charge in [0.05, 0.1) is 11.9 Å². The number of nitrogens with zero attached hydrogens (tertiary/aromatic N) is 1. The zero-order valence-corrected chi connectivity index (χ0v) is 8.53. The summed E-state index contributed by atoms with van der Waals surface area (Å²) >= 11 is 0. The van der Waals surface area contributed by atoms with Crippen molar-refractivity contribution in [2.45, 2.75) is 32.2 Å². The largest absolute Gasteiger partial charge is 0.387 e. The standard InChI is InChI=1S/C12H16N2/c1-2-12(13)14-11-7-9-5-3-4-6-10(9)8-11/h3-6,11H,2,7-8H2,1H3,(H2,13,14). The molecule has 0 atom stereocenters. The number of hydrogen-bond acceptors (Lipinski definition) is 1. The van der Waals surface area contributed by atoms with E-state index in [-0.39, 0.29) is 0 Å². The first-order valence-electron chi connectivity index (χ1n) is 5.18. The third kappa shape index (κ3) is 1.79. The number of rotatable bonds is 2. The Labute approximate surface area is 84.9 Å². The van der Waals surface area contributed by atoms with Crippen LogP contribution in [-0.2, 0) is 12.8 Å². The molecular formula is C12H16N2. The molecule has 0 heterocycles. The van der Waals surface area contributed by atoms with E-state index in [0.717, 1.165) is 25.1 Å². The van der Waals surface area contributed by atoms with E-state index < -0.39 is 0 Å². The Hall–Kier alpha value is -1.31. The van der Waals surface area contributed by atoms with Gasteiger partial charge in [-0.25, -0.2) is 0 Å². The van der Waals surface area contributed by atoms with E-state index in [2.05, 4.69) is 29.3 Å². The number of fused-ring (bicyclic) bond motifs is 1. The molecule has 1 aliphatic carbocycles. The highest BCUT2D eigenvalue weighted by Crippen LogP contribution is 2.23. The molecule has 1 aromatic carbocycles. The van der Waals surface area contributed by atoms with Gasteiger partial charge in [-0.1, -0.05) is 31.2 Å². The number of hydrogen-bond donors (Lipinski definition) is 1. The predicted molar refractivity (Wildman–Crippen MR) is 59.6 cm³/mol. The Morgan fingerprint density at radius 3 is 2.43 bits per heavy atom. The fourth-order valence-corrected chi connectivity index (χ4v) is 1.95. The summed E-state index contributed by atoms with van der Waals surface area (Å²) in [4.78, 5) is 4.50. The molecule has 0 spiro atoms. The fourth-order valence-electron chi connectivity index (χ4n) is 1.95. The van der Waals surface area contributed by atoms with Gasteiger partial charge in [0.15, 0.2) is 0 Å². The molecule has 0 saturated heterocycles. The number of aliphatic imine (C=N–C) groups is 1. The van der Waals surface area contributed by atoms with Crippen LogP contribution in [0.25, 0.3) is 0 Å². The van der Waals surface area contributed by atoms with Crippen molar-refractivity contribution in [1.82, 2.24) is 0 Å². The van der Waals surface area contributed by atoms with Crippen LogP contribution in [0.5, 0.6) is 0 Å². The van der Waals surface area contributed by atoms with Crippen LogP contribution in [0.4, 0.5) is 0 Å². The lowest BCUT2D eigenvalue weighted by Gasteiger charge is -2.03. The van der Waals surface area contributed by atoms with Crippen LogP contribution in [-0.4, -0.2) is 11.9 Å². The third-order valence-corrected chi connectivity index (χ3v) is 2.74. The maximum Gasteiger partial charge on any atom is 0.0937 e. The average molecular weight is 188 g/mol. The van der Waals surface area contributed by atoms with E-state index >= 15 is 0 Å². The van der Waals surface area contributed by atoms with Crippen LogP contribution in [0.3, 0.4) is 0 Å². The molecule has 0 unspecified atom stereocenters. The summed E-state index contributed by atoms with van der Waals surface area (Å²) in [6.07, 6.45) is 2.96. The molecule has 2 nitrogen and oxygen atoms in total. The van der Waals surface area contributed by atoms with Crippen molar-refractivity contribution < 1.29 is 0 Å². The molecule has 2 N–H and O–H groups in total. The molecule has 74 valence electrons. The van der Waals surface area contributed by atoms with Crippen LogP contribution < -0.4 is 5.73 Å². The molecule has 2 heteroatoms. The molecule has 1 aliphatic rings. The molecule has 1 aromatic rings. The summed E-state index contributed by atoms with van der Waals surface area (Å²) in [7, 11) is 0. The molecule has 0 fully saturated rings. The zero-order chi connectivity index (χ0) is 9.97. The van der Waals surface area contributed by atoms with Crippen LogP contribution in [0.1, 0.15) is 24.5 Å². The quantitative estimate of drug-likeness (QED) is 0.559. The van der Waals surface area contributed by atoms with Crippen LogP contribution in [0.2, 0.25) is 0 Å². The van der Waals surface area contributed by atoms with Crippen molar-refractivity contribution in [3.8, 4) is 0 Å². The summed E-state index contributed by atoms with van der Waals surface area (Å²) in [5.41, 5.74) is 8.61. The molecule has 0 aliphatic heterocycles. The van der Waals surface area contributed by atoms with E-state index in [4.69, 9.17) is 5.73 Å². The Kier molecular flexibility index (Phi) is 2.53. The van der Waals surface area contributed by atoms with Crippen molar-refractivity contribution in [3.05, 3.63) is 35.4 Å².